The number of anilines is 1. The van der Waals surface area contributed by atoms with E-state index < -0.39 is 12.1 Å². The van der Waals surface area contributed by atoms with Crippen molar-refractivity contribution in [2.45, 2.75) is 32.3 Å². The molecule has 3 aromatic carbocycles. The monoisotopic (exact) mass is 389 g/mol. The van der Waals surface area contributed by atoms with Crippen LogP contribution in [0.25, 0.3) is 10.8 Å². The molecule has 0 radical (unpaired) electrons. The van der Waals surface area contributed by atoms with Gasteiger partial charge in [0.2, 0.25) is 0 Å². The number of aryl methyl sites for hydroxylation is 2. The molecule has 0 saturated carbocycles. The SMILES string of the molecule is C[C@@H](OC(=O)COc1ccc2c(c1)CCC2)C(=O)Nc1cccc2ccccc12. The van der Waals surface area contributed by atoms with Gasteiger partial charge in [-0.1, -0.05) is 42.5 Å². The molecule has 3 aromatic rings. The molecule has 1 aliphatic carbocycles. The van der Waals surface area contributed by atoms with Gasteiger partial charge in [0.05, 0.1) is 0 Å². The van der Waals surface area contributed by atoms with Crippen molar-refractivity contribution in [1.82, 2.24) is 0 Å². The quantitative estimate of drug-likeness (QED) is 0.639. The maximum absolute atomic E-state index is 12.5. The van der Waals surface area contributed by atoms with E-state index in [1.165, 1.54) is 11.1 Å². The molecular formula is C24H23NO4. The molecule has 1 amide bonds. The van der Waals surface area contributed by atoms with Crippen LogP contribution in [0.3, 0.4) is 0 Å². The van der Waals surface area contributed by atoms with Gasteiger partial charge in [-0.2, -0.15) is 0 Å². The third-order valence-electron chi connectivity index (χ3n) is 5.15. The fourth-order valence-electron chi connectivity index (χ4n) is 3.63. The van der Waals surface area contributed by atoms with E-state index in [2.05, 4.69) is 5.32 Å². The first-order chi connectivity index (χ1) is 14.1. The van der Waals surface area contributed by atoms with Crippen molar-refractivity contribution in [2.24, 2.45) is 0 Å². The van der Waals surface area contributed by atoms with Crippen LogP contribution in [-0.2, 0) is 27.2 Å². The van der Waals surface area contributed by atoms with Crippen LogP contribution in [0.5, 0.6) is 5.75 Å². The summed E-state index contributed by atoms with van der Waals surface area (Å²) in [6.07, 6.45) is 2.37. The van der Waals surface area contributed by atoms with Crippen LogP contribution in [0, 0.1) is 0 Å². The number of rotatable bonds is 6. The average molecular weight is 389 g/mol. The molecule has 0 spiro atoms. The summed E-state index contributed by atoms with van der Waals surface area (Å²) >= 11 is 0. The highest BCUT2D eigenvalue weighted by atomic mass is 16.6. The Morgan fingerprint density at radius 3 is 2.69 bits per heavy atom. The lowest BCUT2D eigenvalue weighted by Gasteiger charge is -2.15. The van der Waals surface area contributed by atoms with Crippen molar-refractivity contribution in [3.05, 3.63) is 71.8 Å². The van der Waals surface area contributed by atoms with Crippen LogP contribution in [0.2, 0.25) is 0 Å². The van der Waals surface area contributed by atoms with E-state index in [1.807, 2.05) is 60.7 Å². The van der Waals surface area contributed by atoms with Crippen LogP contribution in [0.15, 0.2) is 60.7 Å². The predicted molar refractivity (Wildman–Crippen MR) is 112 cm³/mol. The normalized spacial score (nSPS) is 13.6. The molecule has 0 fully saturated rings. The zero-order chi connectivity index (χ0) is 20.2. The maximum atomic E-state index is 12.5. The minimum absolute atomic E-state index is 0.231. The number of amides is 1. The first kappa shape index (κ1) is 19.0. The van der Waals surface area contributed by atoms with Crippen molar-refractivity contribution >= 4 is 28.3 Å². The number of hydrogen-bond donors (Lipinski definition) is 1. The Bertz CT molecular complexity index is 1050. The van der Waals surface area contributed by atoms with E-state index in [4.69, 9.17) is 9.47 Å². The van der Waals surface area contributed by atoms with Crippen LogP contribution >= 0.6 is 0 Å². The van der Waals surface area contributed by atoms with Crippen molar-refractivity contribution in [1.29, 1.82) is 0 Å². The van der Waals surface area contributed by atoms with Crippen LogP contribution in [0.1, 0.15) is 24.5 Å². The Morgan fingerprint density at radius 1 is 1.00 bits per heavy atom. The summed E-state index contributed by atoms with van der Waals surface area (Å²) in [5.74, 6) is -0.311. The fraction of sp³-hybridized carbons (Fsp3) is 0.250. The third-order valence-corrected chi connectivity index (χ3v) is 5.15. The van der Waals surface area contributed by atoms with Crippen LogP contribution < -0.4 is 10.1 Å². The Labute approximate surface area is 169 Å². The highest BCUT2D eigenvalue weighted by molar-refractivity contribution is 6.03. The first-order valence-electron chi connectivity index (χ1n) is 9.83. The smallest absolute Gasteiger partial charge is 0.344 e. The second-order valence-electron chi connectivity index (χ2n) is 7.22. The summed E-state index contributed by atoms with van der Waals surface area (Å²) < 4.78 is 10.8. The molecule has 0 saturated heterocycles. The molecule has 148 valence electrons. The Morgan fingerprint density at radius 2 is 1.79 bits per heavy atom. The molecule has 0 aromatic heterocycles. The number of benzene rings is 3. The minimum Gasteiger partial charge on any atom is -0.482 e. The summed E-state index contributed by atoms with van der Waals surface area (Å²) in [5, 5.41) is 4.79. The van der Waals surface area contributed by atoms with Crippen molar-refractivity contribution in [3.63, 3.8) is 0 Å². The molecule has 0 heterocycles. The topological polar surface area (TPSA) is 64.6 Å². The molecule has 5 heteroatoms. The molecule has 0 unspecified atom stereocenters. The Balaban J connectivity index is 1.31. The van der Waals surface area contributed by atoms with E-state index in [0.717, 1.165) is 30.0 Å². The molecule has 4 rings (SSSR count). The van der Waals surface area contributed by atoms with E-state index in [9.17, 15) is 9.59 Å². The van der Waals surface area contributed by atoms with E-state index in [0.29, 0.717) is 11.4 Å². The molecule has 29 heavy (non-hydrogen) atoms. The molecule has 0 bridgehead atoms. The van der Waals surface area contributed by atoms with Gasteiger partial charge in [-0.05, 0) is 60.9 Å². The number of nitrogens with one attached hydrogen (secondary N) is 1. The number of carbonyl (C=O) groups is 2. The van der Waals surface area contributed by atoms with E-state index in [1.54, 1.807) is 6.92 Å². The zero-order valence-electron chi connectivity index (χ0n) is 16.3. The van der Waals surface area contributed by atoms with E-state index in [-0.39, 0.29) is 12.5 Å². The lowest BCUT2D eigenvalue weighted by atomic mass is 10.1. The van der Waals surface area contributed by atoms with Gasteiger partial charge < -0.3 is 14.8 Å². The van der Waals surface area contributed by atoms with Crippen LogP contribution in [-0.4, -0.2) is 24.6 Å². The maximum Gasteiger partial charge on any atom is 0.344 e. The molecular weight excluding hydrogens is 366 g/mol. The van der Waals surface area contributed by atoms with Gasteiger partial charge in [0.25, 0.3) is 5.91 Å². The van der Waals surface area contributed by atoms with Gasteiger partial charge in [0.15, 0.2) is 12.7 Å². The molecule has 1 aliphatic rings. The number of fused-ring (bicyclic) bond motifs is 2. The standard InChI is InChI=1S/C24H23NO4/c1-16(24(27)25-22-11-5-8-18-6-2-3-10-21(18)22)29-23(26)15-28-20-13-12-17-7-4-9-19(17)14-20/h2-3,5-6,8,10-14,16H,4,7,9,15H2,1H3,(H,25,27)/t16-/m1/s1. The predicted octanol–water partition coefficient (Wildman–Crippen LogP) is 4.28. The second-order valence-corrected chi connectivity index (χ2v) is 7.22. The molecule has 1 atom stereocenters. The number of ether oxygens (including phenoxy) is 2. The highest BCUT2D eigenvalue weighted by Crippen LogP contribution is 2.26. The Hall–Kier alpha value is -3.34. The number of carbonyl (C=O) groups excluding carboxylic acids is 2. The summed E-state index contributed by atoms with van der Waals surface area (Å²) in [4.78, 5) is 24.6. The third kappa shape index (κ3) is 4.40. The zero-order valence-corrected chi connectivity index (χ0v) is 16.3. The minimum atomic E-state index is -0.926. The molecule has 5 nitrogen and oxygen atoms in total. The van der Waals surface area contributed by atoms with Crippen molar-refractivity contribution in [2.75, 3.05) is 11.9 Å². The number of esters is 1. The average Bonchev–Trinajstić information content (AvgIpc) is 3.20. The summed E-state index contributed by atoms with van der Waals surface area (Å²) in [6.45, 7) is 1.32. The Kier molecular flexibility index (Phi) is 5.47. The molecule has 0 aliphatic heterocycles. The highest BCUT2D eigenvalue weighted by Gasteiger charge is 2.19. The van der Waals surface area contributed by atoms with Gasteiger partial charge in [-0.3, -0.25) is 4.79 Å². The van der Waals surface area contributed by atoms with Gasteiger partial charge in [-0.25, -0.2) is 4.79 Å². The summed E-state index contributed by atoms with van der Waals surface area (Å²) in [5.41, 5.74) is 3.31. The van der Waals surface area contributed by atoms with Gasteiger partial charge in [-0.15, -0.1) is 0 Å². The largest absolute Gasteiger partial charge is 0.482 e. The van der Waals surface area contributed by atoms with Crippen molar-refractivity contribution < 1.29 is 19.1 Å². The summed E-state index contributed by atoms with van der Waals surface area (Å²) in [6, 6.07) is 19.3. The van der Waals surface area contributed by atoms with Gasteiger partial charge in [0, 0.05) is 11.1 Å². The lowest BCUT2D eigenvalue weighted by Crippen LogP contribution is -2.31. The lowest BCUT2D eigenvalue weighted by molar-refractivity contribution is -0.155. The fourth-order valence-corrected chi connectivity index (χ4v) is 3.63. The van der Waals surface area contributed by atoms with Crippen molar-refractivity contribution in [3.8, 4) is 5.75 Å². The number of hydrogen-bond acceptors (Lipinski definition) is 4. The van der Waals surface area contributed by atoms with E-state index >= 15 is 0 Å². The molecule has 1 N–H and O–H groups in total. The van der Waals surface area contributed by atoms with Crippen LogP contribution in [0.4, 0.5) is 5.69 Å². The summed E-state index contributed by atoms with van der Waals surface area (Å²) in [7, 11) is 0. The second kappa shape index (κ2) is 8.35. The van der Waals surface area contributed by atoms with Gasteiger partial charge >= 0.3 is 5.97 Å². The van der Waals surface area contributed by atoms with Gasteiger partial charge in [0.1, 0.15) is 5.75 Å². The first-order valence-corrected chi connectivity index (χ1v) is 9.83.